The van der Waals surface area contributed by atoms with E-state index in [4.69, 9.17) is 5.26 Å². The van der Waals surface area contributed by atoms with E-state index in [2.05, 4.69) is 15.6 Å². The van der Waals surface area contributed by atoms with Gasteiger partial charge in [0.1, 0.15) is 0 Å². The van der Waals surface area contributed by atoms with Crippen molar-refractivity contribution in [1.82, 2.24) is 10.3 Å². The van der Waals surface area contributed by atoms with E-state index in [1.807, 2.05) is 6.07 Å². The third-order valence-corrected chi connectivity index (χ3v) is 2.63. The van der Waals surface area contributed by atoms with Crippen molar-refractivity contribution in [2.24, 2.45) is 0 Å². The van der Waals surface area contributed by atoms with Gasteiger partial charge in [0.25, 0.3) is 5.91 Å². The molecule has 1 aromatic carbocycles. The number of hydrogen-bond acceptors (Lipinski definition) is 4. The number of nitrogens with one attached hydrogen (secondary N) is 2. The minimum atomic E-state index is -0.363. The SMILES string of the molecule is N#Cc1ccc(NC(=O)CNC(=O)c2cccnc2)cc1. The Morgan fingerprint density at radius 3 is 2.57 bits per heavy atom. The molecule has 1 heterocycles. The topological polar surface area (TPSA) is 94.9 Å². The third-order valence-electron chi connectivity index (χ3n) is 2.63. The summed E-state index contributed by atoms with van der Waals surface area (Å²) < 4.78 is 0. The van der Waals surface area contributed by atoms with Crippen LogP contribution in [-0.4, -0.2) is 23.3 Å². The average molecular weight is 280 g/mol. The van der Waals surface area contributed by atoms with Gasteiger partial charge in [0.15, 0.2) is 0 Å². The highest BCUT2D eigenvalue weighted by Gasteiger charge is 2.08. The molecule has 0 saturated heterocycles. The van der Waals surface area contributed by atoms with E-state index in [1.165, 1.54) is 6.20 Å². The van der Waals surface area contributed by atoms with E-state index in [-0.39, 0.29) is 18.4 Å². The molecule has 0 fully saturated rings. The van der Waals surface area contributed by atoms with Crippen LogP contribution >= 0.6 is 0 Å². The Kier molecular flexibility index (Phi) is 4.62. The molecule has 2 N–H and O–H groups in total. The van der Waals surface area contributed by atoms with Crippen LogP contribution in [0.5, 0.6) is 0 Å². The van der Waals surface area contributed by atoms with Gasteiger partial charge in [-0.3, -0.25) is 14.6 Å². The Bertz CT molecular complexity index is 675. The molecule has 0 saturated carbocycles. The molecule has 0 aliphatic carbocycles. The van der Waals surface area contributed by atoms with Gasteiger partial charge in [0, 0.05) is 18.1 Å². The van der Waals surface area contributed by atoms with Gasteiger partial charge in [0.2, 0.25) is 5.91 Å². The Balaban J connectivity index is 1.85. The molecular formula is C15H12N4O2. The van der Waals surface area contributed by atoms with E-state index in [1.54, 1.807) is 42.6 Å². The summed E-state index contributed by atoms with van der Waals surface area (Å²) in [6.07, 6.45) is 2.99. The fraction of sp³-hybridized carbons (Fsp3) is 0.0667. The summed E-state index contributed by atoms with van der Waals surface area (Å²) >= 11 is 0. The highest BCUT2D eigenvalue weighted by Crippen LogP contribution is 2.08. The fourth-order valence-electron chi connectivity index (χ4n) is 1.59. The summed E-state index contributed by atoms with van der Waals surface area (Å²) in [5.74, 6) is -0.713. The van der Waals surface area contributed by atoms with E-state index >= 15 is 0 Å². The summed E-state index contributed by atoms with van der Waals surface area (Å²) in [6, 6.07) is 11.7. The maximum atomic E-state index is 11.7. The Morgan fingerprint density at radius 2 is 1.95 bits per heavy atom. The molecule has 0 spiro atoms. The number of amides is 2. The predicted molar refractivity (Wildman–Crippen MR) is 76.4 cm³/mol. The highest BCUT2D eigenvalue weighted by molar-refractivity contribution is 5.99. The molecule has 6 nitrogen and oxygen atoms in total. The highest BCUT2D eigenvalue weighted by atomic mass is 16.2. The van der Waals surface area contributed by atoms with Crippen molar-refractivity contribution in [2.75, 3.05) is 11.9 Å². The first-order chi connectivity index (χ1) is 10.2. The van der Waals surface area contributed by atoms with Gasteiger partial charge in [-0.05, 0) is 36.4 Å². The number of aromatic nitrogens is 1. The van der Waals surface area contributed by atoms with Crippen molar-refractivity contribution >= 4 is 17.5 Å². The lowest BCUT2D eigenvalue weighted by Gasteiger charge is -2.06. The monoisotopic (exact) mass is 280 g/mol. The zero-order valence-corrected chi connectivity index (χ0v) is 11.0. The molecule has 104 valence electrons. The minimum Gasteiger partial charge on any atom is -0.343 e. The average Bonchev–Trinajstić information content (AvgIpc) is 2.54. The van der Waals surface area contributed by atoms with Crippen molar-refractivity contribution in [3.63, 3.8) is 0 Å². The van der Waals surface area contributed by atoms with Crippen molar-refractivity contribution < 1.29 is 9.59 Å². The van der Waals surface area contributed by atoms with E-state index in [9.17, 15) is 9.59 Å². The van der Waals surface area contributed by atoms with Crippen LogP contribution in [0.4, 0.5) is 5.69 Å². The summed E-state index contributed by atoms with van der Waals surface area (Å²) in [5, 5.41) is 13.8. The van der Waals surface area contributed by atoms with Crippen LogP contribution in [0, 0.1) is 11.3 Å². The maximum absolute atomic E-state index is 11.7. The Hall–Kier alpha value is -3.20. The Labute approximate surface area is 121 Å². The van der Waals surface area contributed by atoms with Gasteiger partial charge in [-0.25, -0.2) is 0 Å². The van der Waals surface area contributed by atoms with Gasteiger partial charge in [-0.2, -0.15) is 5.26 Å². The number of pyridine rings is 1. The number of carbonyl (C=O) groups excluding carboxylic acids is 2. The normalized spacial score (nSPS) is 9.48. The molecule has 0 bridgehead atoms. The first kappa shape index (κ1) is 14.2. The number of nitriles is 1. The second kappa shape index (κ2) is 6.82. The summed E-state index contributed by atoms with van der Waals surface area (Å²) in [5.41, 5.74) is 1.47. The molecule has 6 heteroatoms. The number of carbonyl (C=O) groups is 2. The first-order valence-electron chi connectivity index (χ1n) is 6.17. The smallest absolute Gasteiger partial charge is 0.253 e. The van der Waals surface area contributed by atoms with Crippen LogP contribution < -0.4 is 10.6 Å². The molecule has 2 rings (SSSR count). The van der Waals surface area contributed by atoms with Crippen LogP contribution in [0.3, 0.4) is 0 Å². The lowest BCUT2D eigenvalue weighted by atomic mass is 10.2. The van der Waals surface area contributed by atoms with Gasteiger partial charge in [-0.15, -0.1) is 0 Å². The molecular weight excluding hydrogens is 268 g/mol. The van der Waals surface area contributed by atoms with Crippen LogP contribution in [0.2, 0.25) is 0 Å². The molecule has 0 aliphatic heterocycles. The molecule has 21 heavy (non-hydrogen) atoms. The van der Waals surface area contributed by atoms with Crippen LogP contribution in [0.15, 0.2) is 48.8 Å². The van der Waals surface area contributed by atoms with E-state index in [0.717, 1.165) is 0 Å². The minimum absolute atomic E-state index is 0.145. The van der Waals surface area contributed by atoms with Crippen molar-refractivity contribution in [3.8, 4) is 6.07 Å². The quantitative estimate of drug-likeness (QED) is 0.883. The zero-order chi connectivity index (χ0) is 15.1. The van der Waals surface area contributed by atoms with Gasteiger partial charge < -0.3 is 10.6 Å². The lowest BCUT2D eigenvalue weighted by Crippen LogP contribution is -2.32. The zero-order valence-electron chi connectivity index (χ0n) is 11.0. The maximum Gasteiger partial charge on any atom is 0.253 e. The molecule has 2 aromatic rings. The molecule has 2 amide bonds. The van der Waals surface area contributed by atoms with E-state index in [0.29, 0.717) is 16.8 Å². The van der Waals surface area contributed by atoms with Gasteiger partial charge >= 0.3 is 0 Å². The molecule has 0 unspecified atom stereocenters. The predicted octanol–water partition coefficient (Wildman–Crippen LogP) is 1.32. The Morgan fingerprint density at radius 1 is 1.19 bits per heavy atom. The largest absolute Gasteiger partial charge is 0.343 e. The molecule has 0 aliphatic rings. The first-order valence-corrected chi connectivity index (χ1v) is 6.17. The number of anilines is 1. The summed E-state index contributed by atoms with van der Waals surface area (Å²) in [6.45, 7) is -0.145. The number of hydrogen-bond donors (Lipinski definition) is 2. The van der Waals surface area contributed by atoms with E-state index < -0.39 is 0 Å². The second-order valence-electron chi connectivity index (χ2n) is 4.16. The van der Waals surface area contributed by atoms with Crippen LogP contribution in [-0.2, 0) is 4.79 Å². The fourth-order valence-corrected chi connectivity index (χ4v) is 1.59. The number of benzene rings is 1. The van der Waals surface area contributed by atoms with Crippen molar-refractivity contribution in [2.45, 2.75) is 0 Å². The van der Waals surface area contributed by atoms with Crippen molar-refractivity contribution in [3.05, 3.63) is 59.9 Å². The third kappa shape index (κ3) is 4.14. The summed E-state index contributed by atoms with van der Waals surface area (Å²) in [4.78, 5) is 27.2. The molecule has 0 atom stereocenters. The summed E-state index contributed by atoms with van der Waals surface area (Å²) in [7, 11) is 0. The number of nitrogens with zero attached hydrogens (tertiary/aromatic N) is 2. The van der Waals surface area contributed by atoms with Crippen LogP contribution in [0.1, 0.15) is 15.9 Å². The van der Waals surface area contributed by atoms with Crippen molar-refractivity contribution in [1.29, 1.82) is 5.26 Å². The number of rotatable bonds is 4. The standard InChI is InChI=1S/C15H12N4O2/c16-8-11-3-5-13(6-4-11)19-14(20)10-18-15(21)12-2-1-7-17-9-12/h1-7,9H,10H2,(H,18,21)(H,19,20). The second-order valence-corrected chi connectivity index (χ2v) is 4.16. The van der Waals surface area contributed by atoms with Gasteiger partial charge in [-0.1, -0.05) is 0 Å². The molecule has 0 radical (unpaired) electrons. The van der Waals surface area contributed by atoms with Gasteiger partial charge in [0.05, 0.1) is 23.7 Å². The van der Waals surface area contributed by atoms with Crippen LogP contribution in [0.25, 0.3) is 0 Å². The molecule has 1 aromatic heterocycles. The lowest BCUT2D eigenvalue weighted by molar-refractivity contribution is -0.115.